The SMILES string of the molecule is Cn1nnnc1SCC1=C(C(=O)O)N2C(=O)C(N(C(=O)c3cc(C#N)c(Cl)cc3O)C(=O)[C@H](N)c3ccccc3)[C@H]2SC1. The van der Waals surface area contributed by atoms with Gasteiger partial charge in [-0.25, -0.2) is 9.48 Å². The van der Waals surface area contributed by atoms with Crippen LogP contribution in [-0.2, 0) is 21.4 Å². The second-order valence-corrected chi connectivity index (χ2v) is 11.8. The summed E-state index contributed by atoms with van der Waals surface area (Å²) in [6.07, 6.45) is 0. The second-order valence-electron chi connectivity index (χ2n) is 9.35. The van der Waals surface area contributed by atoms with Crippen LogP contribution in [0.3, 0.4) is 0 Å². The maximum Gasteiger partial charge on any atom is 0.352 e. The number of aromatic nitrogens is 4. The summed E-state index contributed by atoms with van der Waals surface area (Å²) in [4.78, 5) is 55.5. The first-order chi connectivity index (χ1) is 20.5. The minimum absolute atomic E-state index is 0.122. The van der Waals surface area contributed by atoms with Crippen LogP contribution < -0.4 is 5.73 Å². The van der Waals surface area contributed by atoms with Crippen molar-refractivity contribution in [3.05, 3.63) is 75.4 Å². The van der Waals surface area contributed by atoms with Crippen LogP contribution >= 0.6 is 35.1 Å². The molecule has 3 heterocycles. The number of aryl methyl sites for hydroxylation is 1. The van der Waals surface area contributed by atoms with Crippen molar-refractivity contribution in [3.8, 4) is 11.8 Å². The number of carbonyl (C=O) groups excluding carboxylic acids is 3. The molecule has 0 aliphatic carbocycles. The smallest absolute Gasteiger partial charge is 0.352 e. The number of carbonyl (C=O) groups is 4. The number of hydrogen-bond donors (Lipinski definition) is 3. The summed E-state index contributed by atoms with van der Waals surface area (Å²) in [5.74, 6) is -4.53. The summed E-state index contributed by atoms with van der Waals surface area (Å²) in [6.45, 7) is 0. The van der Waals surface area contributed by atoms with Gasteiger partial charge in [0, 0.05) is 24.6 Å². The summed E-state index contributed by atoms with van der Waals surface area (Å²) in [7, 11) is 1.63. The minimum atomic E-state index is -1.45. The van der Waals surface area contributed by atoms with Crippen LogP contribution in [0.15, 0.2) is 58.9 Å². The van der Waals surface area contributed by atoms with Crippen molar-refractivity contribution in [2.24, 2.45) is 12.8 Å². The van der Waals surface area contributed by atoms with Crippen LogP contribution in [0.1, 0.15) is 27.5 Å². The van der Waals surface area contributed by atoms with Crippen molar-refractivity contribution in [2.45, 2.75) is 22.6 Å². The van der Waals surface area contributed by atoms with Crippen LogP contribution in [0.25, 0.3) is 0 Å². The number of carboxylic acid groups (broad SMARTS) is 1. The van der Waals surface area contributed by atoms with Gasteiger partial charge in [-0.2, -0.15) is 5.26 Å². The molecule has 220 valence electrons. The number of tetrazole rings is 1. The van der Waals surface area contributed by atoms with E-state index in [4.69, 9.17) is 17.3 Å². The highest BCUT2D eigenvalue weighted by Crippen LogP contribution is 2.44. The molecule has 17 heteroatoms. The number of rotatable bonds is 8. The molecular weight excluding hydrogens is 620 g/mol. The van der Waals surface area contributed by atoms with E-state index in [0.29, 0.717) is 21.2 Å². The zero-order valence-corrected chi connectivity index (χ0v) is 24.5. The third kappa shape index (κ3) is 5.43. The monoisotopic (exact) mass is 640 g/mol. The molecule has 5 rings (SSSR count). The van der Waals surface area contributed by atoms with E-state index in [9.17, 15) is 34.7 Å². The Hall–Kier alpha value is -4.43. The molecule has 3 atom stereocenters. The zero-order valence-electron chi connectivity index (χ0n) is 22.1. The Morgan fingerprint density at radius 3 is 2.65 bits per heavy atom. The molecule has 1 saturated heterocycles. The number of imide groups is 1. The number of thioether (sulfide) groups is 2. The molecule has 4 N–H and O–H groups in total. The molecular formula is C26H21ClN8O6S2. The topological polar surface area (TPSA) is 209 Å². The number of benzene rings is 2. The van der Waals surface area contributed by atoms with Crippen molar-refractivity contribution in [2.75, 3.05) is 11.5 Å². The molecule has 0 radical (unpaired) electrons. The van der Waals surface area contributed by atoms with Gasteiger partial charge in [0.05, 0.1) is 16.1 Å². The number of halogens is 1. The lowest BCUT2D eigenvalue weighted by Crippen LogP contribution is -2.72. The fraction of sp³-hybridized carbons (Fsp3) is 0.231. The molecule has 43 heavy (non-hydrogen) atoms. The first-order valence-electron chi connectivity index (χ1n) is 12.4. The Balaban J connectivity index is 1.52. The van der Waals surface area contributed by atoms with Crippen LogP contribution in [0, 0.1) is 11.3 Å². The molecule has 2 aliphatic heterocycles. The lowest BCUT2D eigenvalue weighted by molar-refractivity contribution is -0.157. The van der Waals surface area contributed by atoms with Crippen LogP contribution in [0.2, 0.25) is 5.02 Å². The van der Waals surface area contributed by atoms with Crippen LogP contribution in [0.5, 0.6) is 5.75 Å². The lowest BCUT2D eigenvalue weighted by Gasteiger charge is -2.52. The highest BCUT2D eigenvalue weighted by atomic mass is 35.5. The van der Waals surface area contributed by atoms with Gasteiger partial charge in [-0.05, 0) is 27.6 Å². The van der Waals surface area contributed by atoms with Gasteiger partial charge in [0.15, 0.2) is 0 Å². The van der Waals surface area contributed by atoms with E-state index in [-0.39, 0.29) is 27.8 Å². The number of hydrogen-bond acceptors (Lipinski definition) is 12. The molecule has 3 amide bonds. The van der Waals surface area contributed by atoms with E-state index in [1.165, 1.54) is 16.4 Å². The number of nitrogens with zero attached hydrogens (tertiary/aromatic N) is 7. The molecule has 0 saturated carbocycles. The van der Waals surface area contributed by atoms with Crippen LogP contribution in [-0.4, -0.2) is 86.8 Å². The first-order valence-corrected chi connectivity index (χ1v) is 14.8. The third-order valence-electron chi connectivity index (χ3n) is 6.77. The van der Waals surface area contributed by atoms with E-state index < -0.39 is 52.5 Å². The molecule has 2 aromatic carbocycles. The van der Waals surface area contributed by atoms with Crippen molar-refractivity contribution >= 4 is 58.8 Å². The summed E-state index contributed by atoms with van der Waals surface area (Å²) in [5.41, 5.74) is 6.18. The van der Waals surface area contributed by atoms with Gasteiger partial charge in [-0.1, -0.05) is 53.7 Å². The van der Waals surface area contributed by atoms with E-state index >= 15 is 0 Å². The van der Waals surface area contributed by atoms with Gasteiger partial charge in [-0.3, -0.25) is 24.2 Å². The van der Waals surface area contributed by atoms with E-state index in [1.54, 1.807) is 43.4 Å². The van der Waals surface area contributed by atoms with Gasteiger partial charge >= 0.3 is 5.97 Å². The number of amides is 3. The maximum atomic E-state index is 13.9. The minimum Gasteiger partial charge on any atom is -0.507 e. The predicted molar refractivity (Wildman–Crippen MR) is 153 cm³/mol. The lowest BCUT2D eigenvalue weighted by atomic mass is 9.97. The summed E-state index contributed by atoms with van der Waals surface area (Å²) >= 11 is 8.34. The zero-order chi connectivity index (χ0) is 31.0. The molecule has 0 bridgehead atoms. The first kappa shape index (κ1) is 30.0. The number of β-lactam (4-membered cyclic amide) rings is 1. The Labute approximate surface area is 257 Å². The molecule has 1 aromatic heterocycles. The molecule has 1 unspecified atom stereocenters. The van der Waals surface area contributed by atoms with Gasteiger partial charge < -0.3 is 15.9 Å². The number of aromatic hydroxyl groups is 1. The van der Waals surface area contributed by atoms with E-state index in [0.717, 1.165) is 28.8 Å². The summed E-state index contributed by atoms with van der Waals surface area (Å²) in [5, 5.41) is 40.6. The Bertz CT molecular complexity index is 1730. The largest absolute Gasteiger partial charge is 0.507 e. The Kier molecular flexibility index (Phi) is 8.42. The summed E-state index contributed by atoms with van der Waals surface area (Å²) in [6, 6.07) is 9.12. The normalized spacial score (nSPS) is 18.4. The van der Waals surface area contributed by atoms with E-state index in [1.807, 2.05) is 0 Å². The predicted octanol–water partition coefficient (Wildman–Crippen LogP) is 1.52. The fourth-order valence-electron chi connectivity index (χ4n) is 4.64. The number of nitrogens with two attached hydrogens (primary N) is 1. The van der Waals surface area contributed by atoms with Crippen molar-refractivity contribution < 1.29 is 29.4 Å². The molecule has 3 aromatic rings. The highest BCUT2D eigenvalue weighted by Gasteiger charge is 2.59. The standard InChI is InChI=1S/C26H21ClN8O6S2/c1-33-26(30-31-32-33)43-11-14-10-42-24-20(23(39)35(24)19(14)25(40)41)34(22(38)18(29)12-5-3-2-4-6-12)21(37)15-7-13(9-28)16(27)8-17(15)36/h2-8,18,20,24,36H,10-11,29H2,1H3,(H,40,41)/t18-,20?,24-/m1/s1. The fourth-order valence-corrected chi connectivity index (χ4v) is 7.22. The van der Waals surface area contributed by atoms with Crippen molar-refractivity contribution in [1.82, 2.24) is 30.0 Å². The number of aliphatic carboxylic acids is 1. The van der Waals surface area contributed by atoms with Gasteiger partial charge in [-0.15, -0.1) is 16.9 Å². The average Bonchev–Trinajstić information content (AvgIpc) is 3.41. The maximum absolute atomic E-state index is 13.9. The second kappa shape index (κ2) is 12.1. The number of fused-ring (bicyclic) bond motifs is 1. The number of phenols is 1. The number of carboxylic acids is 1. The third-order valence-corrected chi connectivity index (χ3v) is 9.51. The quantitative estimate of drug-likeness (QED) is 0.236. The van der Waals surface area contributed by atoms with Gasteiger partial charge in [0.25, 0.3) is 17.7 Å². The highest BCUT2D eigenvalue weighted by molar-refractivity contribution is 8.01. The van der Waals surface area contributed by atoms with Gasteiger partial charge in [0.2, 0.25) is 5.16 Å². The van der Waals surface area contributed by atoms with Gasteiger partial charge in [0.1, 0.15) is 35.0 Å². The van der Waals surface area contributed by atoms with Crippen LogP contribution in [0.4, 0.5) is 0 Å². The molecule has 0 spiro atoms. The number of phenolic OH excluding ortho intramolecular Hbond substituents is 1. The molecule has 2 aliphatic rings. The average molecular weight is 641 g/mol. The van der Waals surface area contributed by atoms with Crippen molar-refractivity contribution in [1.29, 1.82) is 5.26 Å². The Morgan fingerprint density at radius 1 is 1.30 bits per heavy atom. The number of nitriles is 1. The summed E-state index contributed by atoms with van der Waals surface area (Å²) < 4.78 is 1.42. The Morgan fingerprint density at radius 2 is 2.02 bits per heavy atom. The molecule has 14 nitrogen and oxygen atoms in total. The van der Waals surface area contributed by atoms with Crippen molar-refractivity contribution in [3.63, 3.8) is 0 Å². The molecule has 1 fully saturated rings. The van der Waals surface area contributed by atoms with E-state index in [2.05, 4.69) is 15.5 Å².